The summed E-state index contributed by atoms with van der Waals surface area (Å²) < 4.78 is -0.867. The molecule has 1 unspecified atom stereocenters. The second-order valence-electron chi connectivity index (χ2n) is 12.8. The number of benzene rings is 2. The molecular weight excluding hydrogens is 682 g/mol. The summed E-state index contributed by atoms with van der Waals surface area (Å²) in [6.07, 6.45) is -0.451. The molecule has 268 valence electrons. The maximum absolute atomic E-state index is 14.0. The largest absolute Gasteiger partial charge is 0.508 e. The van der Waals surface area contributed by atoms with Crippen LogP contribution in [-0.2, 0) is 35.3 Å². The summed E-state index contributed by atoms with van der Waals surface area (Å²) in [7, 11) is 0. The third kappa shape index (κ3) is 7.08. The van der Waals surface area contributed by atoms with Crippen LogP contribution in [-0.4, -0.2) is 88.7 Å². The van der Waals surface area contributed by atoms with Crippen molar-refractivity contribution in [2.24, 2.45) is 17.2 Å². The number of anilines is 1. The van der Waals surface area contributed by atoms with E-state index in [9.17, 15) is 43.8 Å². The zero-order chi connectivity index (χ0) is 37.5. The number of carbonyl (C=O) groups excluding carboxylic acids is 5. The van der Waals surface area contributed by atoms with Crippen LogP contribution < -0.4 is 27.7 Å². The Kier molecular flexibility index (Phi) is 10.1. The van der Waals surface area contributed by atoms with Gasteiger partial charge < -0.3 is 42.2 Å². The van der Waals surface area contributed by atoms with E-state index in [1.54, 1.807) is 32.0 Å². The van der Waals surface area contributed by atoms with E-state index in [2.05, 4.69) is 4.98 Å². The summed E-state index contributed by atoms with van der Waals surface area (Å²) in [4.78, 5) is 95.5. The summed E-state index contributed by atoms with van der Waals surface area (Å²) in [5.41, 5.74) is 18.2. The van der Waals surface area contributed by atoms with Gasteiger partial charge in [-0.05, 0) is 61.4 Å². The van der Waals surface area contributed by atoms with Crippen LogP contribution in [0.4, 0.5) is 5.69 Å². The highest BCUT2D eigenvalue weighted by atomic mass is 32.2. The molecule has 1 aromatic heterocycles. The zero-order valence-electron chi connectivity index (χ0n) is 27.8. The van der Waals surface area contributed by atoms with Crippen LogP contribution in [0.25, 0.3) is 11.3 Å². The smallest absolute Gasteiger partial charge is 0.327 e. The lowest BCUT2D eigenvalue weighted by atomic mass is 9.94. The fourth-order valence-electron chi connectivity index (χ4n) is 6.30. The van der Waals surface area contributed by atoms with Gasteiger partial charge in [0.1, 0.15) is 29.2 Å². The number of rotatable bonds is 11. The van der Waals surface area contributed by atoms with Crippen molar-refractivity contribution in [1.82, 2.24) is 14.8 Å². The number of imide groups is 1. The molecule has 0 aliphatic carbocycles. The number of nitrogens with one attached hydrogen (secondary N) is 1. The van der Waals surface area contributed by atoms with E-state index in [0.29, 0.717) is 16.8 Å². The molecule has 2 aliphatic rings. The van der Waals surface area contributed by atoms with Gasteiger partial charge in [0, 0.05) is 22.9 Å². The van der Waals surface area contributed by atoms with E-state index in [1.807, 2.05) is 0 Å². The first-order valence-corrected chi connectivity index (χ1v) is 16.6. The first kappa shape index (κ1) is 36.8. The van der Waals surface area contributed by atoms with Crippen LogP contribution in [0.5, 0.6) is 5.75 Å². The molecule has 5 atom stereocenters. The number of amides is 5. The standard InChI is InChI=1S/C34H37N7O9S/c1-16(42)40(29(46)22(35)14-24(36)44)20-9-4-17(5-10-20)23-13-8-19(28(45)38-23)15-39(30(47)25(37)18-6-11-21(43)12-7-18)26-31(48)41-27(33(49)50)34(2,3)51-32(26)41/h4-13,22,25-27,32,43H,14-15,35,37H2,1-3H3,(H2,36,44)(H,38,45)(H,49,50)/t22-,25?,26-,27+,32-/m1/s1. The van der Waals surface area contributed by atoms with Gasteiger partial charge in [-0.2, -0.15) is 0 Å². The lowest BCUT2D eigenvalue weighted by Gasteiger charge is -2.48. The number of carboxylic acids is 1. The number of aromatic amines is 1. The normalized spacial score (nSPS) is 20.1. The number of aliphatic carboxylic acids is 1. The molecule has 0 bridgehead atoms. The van der Waals surface area contributed by atoms with Crippen LogP contribution in [0.1, 0.15) is 44.4 Å². The number of thioether (sulfide) groups is 1. The van der Waals surface area contributed by atoms with E-state index < -0.39 is 81.8 Å². The highest BCUT2D eigenvalue weighted by Gasteiger charge is 2.66. The first-order chi connectivity index (χ1) is 23.9. The average molecular weight is 720 g/mol. The quantitative estimate of drug-likeness (QED) is 0.147. The fourth-order valence-corrected chi connectivity index (χ4v) is 8.00. The number of phenolic OH excluding ortho intramolecular Hbond substituents is 1. The number of H-pyrrole nitrogens is 1. The number of carboxylic acid groups (broad SMARTS) is 1. The second kappa shape index (κ2) is 14.0. The Morgan fingerprint density at radius 3 is 2.14 bits per heavy atom. The number of hydrogen-bond donors (Lipinski definition) is 6. The molecule has 5 amide bonds. The monoisotopic (exact) mass is 719 g/mol. The molecule has 17 heteroatoms. The van der Waals surface area contributed by atoms with E-state index in [0.717, 1.165) is 11.8 Å². The fraction of sp³-hybridized carbons (Fsp3) is 0.324. The summed E-state index contributed by atoms with van der Waals surface area (Å²) in [5, 5.41) is 18.9. The van der Waals surface area contributed by atoms with Gasteiger partial charge in [-0.25, -0.2) is 9.69 Å². The van der Waals surface area contributed by atoms with E-state index in [-0.39, 0.29) is 23.5 Å². The van der Waals surface area contributed by atoms with Crippen molar-refractivity contribution in [2.45, 2.75) is 68.0 Å². The molecule has 3 heterocycles. The molecule has 16 nitrogen and oxygen atoms in total. The molecular formula is C34H37N7O9S. The predicted molar refractivity (Wildman–Crippen MR) is 186 cm³/mol. The molecule has 9 N–H and O–H groups in total. The lowest BCUT2D eigenvalue weighted by molar-refractivity contribution is -0.169. The van der Waals surface area contributed by atoms with Crippen molar-refractivity contribution in [3.63, 3.8) is 0 Å². The number of aromatic hydroxyl groups is 1. The van der Waals surface area contributed by atoms with Crippen LogP contribution in [0.2, 0.25) is 0 Å². The maximum atomic E-state index is 14.0. The molecule has 51 heavy (non-hydrogen) atoms. The van der Waals surface area contributed by atoms with Crippen molar-refractivity contribution in [2.75, 3.05) is 4.90 Å². The number of pyridine rings is 1. The van der Waals surface area contributed by atoms with Gasteiger partial charge in [0.15, 0.2) is 0 Å². The third-order valence-electron chi connectivity index (χ3n) is 8.83. The van der Waals surface area contributed by atoms with Crippen molar-refractivity contribution < 1.29 is 39.0 Å². The van der Waals surface area contributed by atoms with Crippen molar-refractivity contribution in [3.05, 3.63) is 82.1 Å². The second-order valence-corrected chi connectivity index (χ2v) is 14.6. The summed E-state index contributed by atoms with van der Waals surface area (Å²) in [6.45, 7) is 4.24. The highest BCUT2D eigenvalue weighted by molar-refractivity contribution is 8.01. The number of carbonyl (C=O) groups is 6. The molecule has 2 saturated heterocycles. The van der Waals surface area contributed by atoms with Gasteiger partial charge in [-0.3, -0.25) is 28.8 Å². The molecule has 5 rings (SSSR count). The number of fused-ring (bicyclic) bond motifs is 1. The minimum absolute atomic E-state index is 0.0419. The van der Waals surface area contributed by atoms with Crippen molar-refractivity contribution in [3.8, 4) is 17.0 Å². The first-order valence-electron chi connectivity index (χ1n) is 15.7. The minimum Gasteiger partial charge on any atom is -0.508 e. The zero-order valence-corrected chi connectivity index (χ0v) is 28.6. The number of phenols is 1. The van der Waals surface area contributed by atoms with Crippen molar-refractivity contribution in [1.29, 1.82) is 0 Å². The van der Waals surface area contributed by atoms with Crippen LogP contribution in [0.3, 0.4) is 0 Å². The van der Waals surface area contributed by atoms with Crippen LogP contribution >= 0.6 is 11.8 Å². The number of nitrogens with zero attached hydrogens (tertiary/aromatic N) is 3. The highest BCUT2D eigenvalue weighted by Crippen LogP contribution is 2.52. The maximum Gasteiger partial charge on any atom is 0.327 e. The minimum atomic E-state index is -1.33. The van der Waals surface area contributed by atoms with E-state index >= 15 is 0 Å². The van der Waals surface area contributed by atoms with Gasteiger partial charge in [0.25, 0.3) is 11.5 Å². The Morgan fingerprint density at radius 2 is 1.59 bits per heavy atom. The van der Waals surface area contributed by atoms with Crippen LogP contribution in [0.15, 0.2) is 65.5 Å². The van der Waals surface area contributed by atoms with Gasteiger partial charge in [-0.15, -0.1) is 11.8 Å². The van der Waals surface area contributed by atoms with Crippen molar-refractivity contribution >= 4 is 53.0 Å². The molecule has 2 fully saturated rings. The topological polar surface area (TPSA) is 264 Å². The number of nitrogens with two attached hydrogens (primary N) is 3. The number of hydrogen-bond acceptors (Lipinski definition) is 11. The van der Waals surface area contributed by atoms with E-state index in [1.165, 1.54) is 64.0 Å². The number of β-lactam (4-membered cyclic amide) rings is 1. The Morgan fingerprint density at radius 1 is 0.961 bits per heavy atom. The predicted octanol–water partition coefficient (Wildman–Crippen LogP) is 0.374. The number of aromatic nitrogens is 1. The SMILES string of the molecule is CC(=O)N(C(=O)[C@H](N)CC(N)=O)c1ccc(-c2ccc(CN(C(=O)C(N)c3ccc(O)cc3)[C@@H]3C(=O)N4[C@@H]3SC(C)(C)[C@@H]4C(=O)O)c(=O)[nH]2)cc1. The van der Waals surface area contributed by atoms with E-state index in [4.69, 9.17) is 17.2 Å². The number of primary amides is 1. The summed E-state index contributed by atoms with van der Waals surface area (Å²) >= 11 is 1.24. The molecule has 0 radical (unpaired) electrons. The Bertz CT molecular complexity index is 1970. The summed E-state index contributed by atoms with van der Waals surface area (Å²) in [6, 6.07) is 9.90. The van der Waals surface area contributed by atoms with Crippen LogP contribution in [0, 0.1) is 0 Å². The molecule has 2 aliphatic heterocycles. The van der Waals surface area contributed by atoms with Gasteiger partial charge in [0.2, 0.25) is 23.6 Å². The third-order valence-corrected chi connectivity index (χ3v) is 10.4. The Labute approximate surface area is 295 Å². The van der Waals surface area contributed by atoms with Gasteiger partial charge in [-0.1, -0.05) is 24.3 Å². The Hall–Kier alpha value is -5.52. The molecule has 0 saturated carbocycles. The molecule has 0 spiro atoms. The Balaban J connectivity index is 1.43. The average Bonchev–Trinajstić information content (AvgIpc) is 3.31. The molecule has 3 aromatic rings. The lowest BCUT2D eigenvalue weighted by Crippen LogP contribution is -2.71. The van der Waals surface area contributed by atoms with Gasteiger partial charge in [0.05, 0.1) is 24.7 Å². The van der Waals surface area contributed by atoms with Gasteiger partial charge >= 0.3 is 5.97 Å². The molecule has 2 aromatic carbocycles. The summed E-state index contributed by atoms with van der Waals surface area (Å²) in [5.74, 6) is -4.74.